The summed E-state index contributed by atoms with van der Waals surface area (Å²) in [6.07, 6.45) is 1.16. The van der Waals surface area contributed by atoms with Gasteiger partial charge >= 0.3 is 0 Å². The molecule has 2 rings (SSSR count). The molecule has 0 aliphatic carbocycles. The van der Waals surface area contributed by atoms with Crippen LogP contribution >= 0.6 is 11.6 Å². The van der Waals surface area contributed by atoms with Gasteiger partial charge in [-0.05, 0) is 36.4 Å². The van der Waals surface area contributed by atoms with Gasteiger partial charge in [-0.1, -0.05) is 17.7 Å². The monoisotopic (exact) mass is 311 g/mol. The van der Waals surface area contributed by atoms with E-state index in [2.05, 4.69) is 5.32 Å². The molecular formula is C14H14ClNO3S. The number of phenolic OH excluding ortho intramolecular Hbond substituents is 1. The standard InChI is InChI=1S/C14H14ClNO3S/c1-20(18,19)13-4-2-3-12(8-13)16-9-10-7-11(15)5-6-14(10)17/h2-8,16-17H,9H2,1H3. The molecule has 4 nitrogen and oxygen atoms in total. The van der Waals surface area contributed by atoms with Gasteiger partial charge in [0.25, 0.3) is 0 Å². The van der Waals surface area contributed by atoms with Crippen LogP contribution in [-0.2, 0) is 16.4 Å². The molecule has 0 atom stereocenters. The Labute approximate surface area is 122 Å². The summed E-state index contributed by atoms with van der Waals surface area (Å²) in [5.74, 6) is 0.140. The van der Waals surface area contributed by atoms with Crippen molar-refractivity contribution < 1.29 is 13.5 Å². The second-order valence-corrected chi connectivity index (χ2v) is 6.88. The van der Waals surface area contributed by atoms with E-state index in [9.17, 15) is 13.5 Å². The molecule has 2 N–H and O–H groups in total. The molecule has 0 aliphatic rings. The van der Waals surface area contributed by atoms with Crippen molar-refractivity contribution in [3.05, 3.63) is 53.1 Å². The van der Waals surface area contributed by atoms with Crippen LogP contribution in [0.5, 0.6) is 5.75 Å². The summed E-state index contributed by atoms with van der Waals surface area (Å²) in [7, 11) is -3.23. The Morgan fingerprint density at radius 1 is 1.20 bits per heavy atom. The molecule has 0 saturated heterocycles. The van der Waals surface area contributed by atoms with Gasteiger partial charge < -0.3 is 10.4 Å². The number of hydrogen-bond donors (Lipinski definition) is 2. The van der Waals surface area contributed by atoms with E-state index in [4.69, 9.17) is 11.6 Å². The van der Waals surface area contributed by atoms with Crippen LogP contribution in [0.4, 0.5) is 5.69 Å². The van der Waals surface area contributed by atoms with Crippen LogP contribution in [0, 0.1) is 0 Å². The van der Waals surface area contributed by atoms with Crippen LogP contribution in [0.25, 0.3) is 0 Å². The molecule has 0 heterocycles. The SMILES string of the molecule is CS(=O)(=O)c1cccc(NCc2cc(Cl)ccc2O)c1. The Balaban J connectivity index is 2.17. The smallest absolute Gasteiger partial charge is 0.175 e. The van der Waals surface area contributed by atoms with E-state index in [-0.39, 0.29) is 10.6 Å². The molecule has 0 unspecified atom stereocenters. The Morgan fingerprint density at radius 2 is 1.95 bits per heavy atom. The highest BCUT2D eigenvalue weighted by Gasteiger charge is 2.08. The van der Waals surface area contributed by atoms with Gasteiger partial charge in [0.2, 0.25) is 0 Å². The van der Waals surface area contributed by atoms with Gasteiger partial charge in [-0.15, -0.1) is 0 Å². The lowest BCUT2D eigenvalue weighted by Gasteiger charge is -2.09. The van der Waals surface area contributed by atoms with Crippen molar-refractivity contribution in [3.8, 4) is 5.75 Å². The van der Waals surface area contributed by atoms with Gasteiger partial charge in [0.05, 0.1) is 4.90 Å². The summed E-state index contributed by atoms with van der Waals surface area (Å²) in [5, 5.41) is 13.3. The van der Waals surface area contributed by atoms with Crippen LogP contribution in [0.3, 0.4) is 0 Å². The third kappa shape index (κ3) is 3.65. The van der Waals surface area contributed by atoms with Crippen molar-refractivity contribution in [2.45, 2.75) is 11.4 Å². The summed E-state index contributed by atoms with van der Waals surface area (Å²) in [4.78, 5) is 0.248. The summed E-state index contributed by atoms with van der Waals surface area (Å²) < 4.78 is 22.9. The molecule has 0 aromatic heterocycles. The molecule has 20 heavy (non-hydrogen) atoms. The first kappa shape index (κ1) is 14.7. The number of rotatable bonds is 4. The number of benzene rings is 2. The fraction of sp³-hybridized carbons (Fsp3) is 0.143. The molecule has 0 saturated carbocycles. The van der Waals surface area contributed by atoms with Crippen molar-refractivity contribution in [2.24, 2.45) is 0 Å². The van der Waals surface area contributed by atoms with Gasteiger partial charge in [-0.25, -0.2) is 8.42 Å². The molecule has 0 aliphatic heterocycles. The predicted molar refractivity (Wildman–Crippen MR) is 80.0 cm³/mol. The number of halogens is 1. The van der Waals surface area contributed by atoms with Crippen LogP contribution in [0.2, 0.25) is 5.02 Å². The van der Waals surface area contributed by atoms with E-state index < -0.39 is 9.84 Å². The van der Waals surface area contributed by atoms with Crippen molar-refractivity contribution in [2.75, 3.05) is 11.6 Å². The molecule has 0 amide bonds. The van der Waals surface area contributed by atoms with Crippen molar-refractivity contribution in [3.63, 3.8) is 0 Å². The maximum Gasteiger partial charge on any atom is 0.175 e. The number of hydrogen-bond acceptors (Lipinski definition) is 4. The van der Waals surface area contributed by atoms with Crippen LogP contribution < -0.4 is 5.32 Å². The van der Waals surface area contributed by atoms with Gasteiger partial charge in [0.15, 0.2) is 9.84 Å². The zero-order valence-electron chi connectivity index (χ0n) is 10.8. The molecule has 6 heteroatoms. The number of sulfone groups is 1. The van der Waals surface area contributed by atoms with Crippen molar-refractivity contribution >= 4 is 27.1 Å². The number of anilines is 1. The normalized spacial score (nSPS) is 11.3. The molecule has 0 fully saturated rings. The van der Waals surface area contributed by atoms with Crippen molar-refractivity contribution in [1.29, 1.82) is 0 Å². The average molecular weight is 312 g/mol. The topological polar surface area (TPSA) is 66.4 Å². The highest BCUT2D eigenvalue weighted by Crippen LogP contribution is 2.23. The second kappa shape index (κ2) is 5.73. The van der Waals surface area contributed by atoms with Crippen LogP contribution in [0.15, 0.2) is 47.4 Å². The maximum absolute atomic E-state index is 11.5. The average Bonchev–Trinajstić information content (AvgIpc) is 2.39. The van der Waals surface area contributed by atoms with Gasteiger partial charge in [0.1, 0.15) is 5.75 Å². The molecule has 2 aromatic carbocycles. The second-order valence-electron chi connectivity index (χ2n) is 4.43. The molecule has 0 radical (unpaired) electrons. The Kier molecular flexibility index (Phi) is 4.20. The maximum atomic E-state index is 11.5. The highest BCUT2D eigenvalue weighted by atomic mass is 35.5. The third-order valence-corrected chi connectivity index (χ3v) is 4.13. The number of phenols is 1. The minimum atomic E-state index is -3.23. The Bertz CT molecular complexity index is 729. The zero-order valence-corrected chi connectivity index (χ0v) is 12.4. The lowest BCUT2D eigenvalue weighted by molar-refractivity contribution is 0.469. The first-order valence-electron chi connectivity index (χ1n) is 5.87. The van der Waals surface area contributed by atoms with Crippen LogP contribution in [-0.4, -0.2) is 19.8 Å². The fourth-order valence-electron chi connectivity index (χ4n) is 1.73. The van der Waals surface area contributed by atoms with E-state index in [0.717, 1.165) is 6.26 Å². The van der Waals surface area contributed by atoms with E-state index in [1.165, 1.54) is 12.1 Å². The van der Waals surface area contributed by atoms with Crippen molar-refractivity contribution in [1.82, 2.24) is 0 Å². The lowest BCUT2D eigenvalue weighted by atomic mass is 10.2. The minimum absolute atomic E-state index is 0.140. The molecule has 0 spiro atoms. The first-order valence-corrected chi connectivity index (χ1v) is 8.14. The lowest BCUT2D eigenvalue weighted by Crippen LogP contribution is -2.02. The first-order chi connectivity index (χ1) is 9.36. The van der Waals surface area contributed by atoms with E-state index in [1.54, 1.807) is 30.3 Å². The minimum Gasteiger partial charge on any atom is -0.508 e. The summed E-state index contributed by atoms with van der Waals surface area (Å²) in [6.45, 7) is 0.347. The highest BCUT2D eigenvalue weighted by molar-refractivity contribution is 7.90. The number of aromatic hydroxyl groups is 1. The fourth-order valence-corrected chi connectivity index (χ4v) is 2.59. The van der Waals surface area contributed by atoms with E-state index >= 15 is 0 Å². The van der Waals surface area contributed by atoms with E-state index in [0.29, 0.717) is 22.8 Å². The quantitative estimate of drug-likeness (QED) is 0.910. The molecular weight excluding hydrogens is 298 g/mol. The zero-order chi connectivity index (χ0) is 14.8. The number of nitrogens with one attached hydrogen (secondary N) is 1. The van der Waals surface area contributed by atoms with Gasteiger partial charge in [0, 0.05) is 29.1 Å². The third-order valence-electron chi connectivity index (χ3n) is 2.79. The van der Waals surface area contributed by atoms with Gasteiger partial charge in [-0.3, -0.25) is 0 Å². The van der Waals surface area contributed by atoms with Crippen LogP contribution in [0.1, 0.15) is 5.56 Å². The summed E-state index contributed by atoms with van der Waals surface area (Å²) >= 11 is 5.87. The van der Waals surface area contributed by atoms with E-state index in [1.807, 2.05) is 0 Å². The largest absolute Gasteiger partial charge is 0.508 e. The predicted octanol–water partition coefficient (Wildman–Crippen LogP) is 3.06. The molecule has 106 valence electrons. The molecule has 2 aromatic rings. The summed E-state index contributed by atoms with van der Waals surface area (Å²) in [5.41, 5.74) is 1.30. The Morgan fingerprint density at radius 3 is 2.65 bits per heavy atom. The van der Waals surface area contributed by atoms with Gasteiger partial charge in [-0.2, -0.15) is 0 Å². The Hall–Kier alpha value is -1.72. The molecule has 0 bridgehead atoms. The summed E-state index contributed by atoms with van der Waals surface area (Å²) in [6, 6.07) is 11.3.